The van der Waals surface area contributed by atoms with E-state index < -0.39 is 0 Å². The van der Waals surface area contributed by atoms with E-state index in [0.717, 1.165) is 18.6 Å². The molecule has 0 unspecified atom stereocenters. The molecule has 0 aromatic rings. The van der Waals surface area contributed by atoms with E-state index in [1.807, 2.05) is 0 Å². The van der Waals surface area contributed by atoms with Crippen molar-refractivity contribution < 1.29 is 23.7 Å². The van der Waals surface area contributed by atoms with E-state index in [4.69, 9.17) is 23.7 Å². The smallest absolute Gasteiger partial charge is 0.111 e. The lowest BCUT2D eigenvalue weighted by Gasteiger charge is -2.14. The van der Waals surface area contributed by atoms with Gasteiger partial charge < -0.3 is 23.7 Å². The fourth-order valence-corrected chi connectivity index (χ4v) is 1.90. The molecule has 0 saturated carbocycles. The molecule has 0 N–H and O–H groups in total. The van der Waals surface area contributed by atoms with Crippen LogP contribution in [0.15, 0.2) is 24.7 Å². The van der Waals surface area contributed by atoms with Crippen molar-refractivity contribution >= 4 is 0 Å². The van der Waals surface area contributed by atoms with Gasteiger partial charge in [-0.15, -0.1) is 0 Å². The summed E-state index contributed by atoms with van der Waals surface area (Å²) in [6, 6.07) is 0. The molecular formula is C16H28O5. The summed E-state index contributed by atoms with van der Waals surface area (Å²) in [6.45, 7) is 8.07. The van der Waals surface area contributed by atoms with Crippen LogP contribution in [-0.2, 0) is 23.7 Å². The standard InChI is InChI=1S/C16H28O5/c1-2-17-8-9-18-10-11-19-12-13-20-14-15-21-16-6-4-3-5-7-16/h2,6H,1,3-5,7-15H2. The van der Waals surface area contributed by atoms with Gasteiger partial charge in [0.05, 0.1) is 51.7 Å². The first-order valence-electron chi connectivity index (χ1n) is 7.71. The zero-order valence-corrected chi connectivity index (χ0v) is 12.9. The summed E-state index contributed by atoms with van der Waals surface area (Å²) in [5, 5.41) is 0. The zero-order chi connectivity index (χ0) is 15.0. The zero-order valence-electron chi connectivity index (χ0n) is 12.9. The van der Waals surface area contributed by atoms with Crippen LogP contribution in [-0.4, -0.2) is 52.9 Å². The molecule has 0 aliphatic heterocycles. The third-order valence-electron chi connectivity index (χ3n) is 2.97. The van der Waals surface area contributed by atoms with Crippen LogP contribution in [0, 0.1) is 0 Å². The highest BCUT2D eigenvalue weighted by molar-refractivity contribution is 4.96. The molecule has 0 atom stereocenters. The minimum atomic E-state index is 0.531. The van der Waals surface area contributed by atoms with Crippen LogP contribution in [0.1, 0.15) is 25.7 Å². The molecule has 0 amide bonds. The van der Waals surface area contributed by atoms with E-state index in [1.165, 1.54) is 19.1 Å². The summed E-state index contributed by atoms with van der Waals surface area (Å²) < 4.78 is 26.6. The van der Waals surface area contributed by atoms with Crippen molar-refractivity contribution in [2.24, 2.45) is 0 Å². The molecule has 0 fully saturated rings. The Labute approximate surface area is 127 Å². The summed E-state index contributed by atoms with van der Waals surface area (Å²) in [4.78, 5) is 0. The molecule has 1 aliphatic rings. The quantitative estimate of drug-likeness (QED) is 0.364. The summed E-state index contributed by atoms with van der Waals surface area (Å²) in [7, 11) is 0. The highest BCUT2D eigenvalue weighted by Gasteiger charge is 2.03. The molecular weight excluding hydrogens is 272 g/mol. The van der Waals surface area contributed by atoms with Crippen LogP contribution in [0.3, 0.4) is 0 Å². The SMILES string of the molecule is C=COCCOCCOCCOCCOC1=CCCCC1. The van der Waals surface area contributed by atoms with Gasteiger partial charge in [-0.2, -0.15) is 0 Å². The Bertz CT molecular complexity index is 278. The Kier molecular flexibility index (Phi) is 11.9. The molecule has 21 heavy (non-hydrogen) atoms. The average Bonchev–Trinajstić information content (AvgIpc) is 2.53. The molecule has 0 aromatic heterocycles. The maximum Gasteiger partial charge on any atom is 0.111 e. The van der Waals surface area contributed by atoms with Crippen LogP contribution in [0.25, 0.3) is 0 Å². The van der Waals surface area contributed by atoms with Crippen LogP contribution in [0.5, 0.6) is 0 Å². The Balaban J connectivity index is 1.72. The van der Waals surface area contributed by atoms with Gasteiger partial charge in [-0.25, -0.2) is 0 Å². The molecule has 0 radical (unpaired) electrons. The van der Waals surface area contributed by atoms with E-state index >= 15 is 0 Å². The predicted octanol–water partition coefficient (Wildman–Crippen LogP) is 2.67. The molecule has 0 saturated heterocycles. The first-order valence-corrected chi connectivity index (χ1v) is 7.71. The van der Waals surface area contributed by atoms with Gasteiger partial charge in [0.25, 0.3) is 0 Å². The Morgan fingerprint density at radius 2 is 1.48 bits per heavy atom. The van der Waals surface area contributed by atoms with Gasteiger partial charge in [-0.05, 0) is 25.3 Å². The lowest BCUT2D eigenvalue weighted by Crippen LogP contribution is -2.13. The second-order valence-corrected chi connectivity index (χ2v) is 4.64. The fraction of sp³-hybridized carbons (Fsp3) is 0.750. The van der Waals surface area contributed by atoms with Crippen molar-refractivity contribution in [2.45, 2.75) is 25.7 Å². The number of rotatable bonds is 14. The van der Waals surface area contributed by atoms with Crippen LogP contribution < -0.4 is 0 Å². The molecule has 0 aromatic carbocycles. The summed E-state index contributed by atoms with van der Waals surface area (Å²) in [5.74, 6) is 1.12. The molecule has 5 heteroatoms. The first kappa shape index (κ1) is 18.0. The molecule has 5 nitrogen and oxygen atoms in total. The Morgan fingerprint density at radius 1 is 0.857 bits per heavy atom. The minimum Gasteiger partial charge on any atom is -0.499 e. The second kappa shape index (κ2) is 13.9. The maximum atomic E-state index is 5.63. The Morgan fingerprint density at radius 3 is 2.05 bits per heavy atom. The van der Waals surface area contributed by atoms with Gasteiger partial charge in [0.2, 0.25) is 0 Å². The maximum absolute atomic E-state index is 5.63. The van der Waals surface area contributed by atoms with Crippen LogP contribution in [0.2, 0.25) is 0 Å². The highest BCUT2D eigenvalue weighted by atomic mass is 16.6. The second-order valence-electron chi connectivity index (χ2n) is 4.64. The predicted molar refractivity (Wildman–Crippen MR) is 81.1 cm³/mol. The average molecular weight is 300 g/mol. The van der Waals surface area contributed by atoms with Crippen molar-refractivity contribution in [2.75, 3.05) is 52.9 Å². The largest absolute Gasteiger partial charge is 0.499 e. The van der Waals surface area contributed by atoms with Crippen molar-refractivity contribution in [3.8, 4) is 0 Å². The fourth-order valence-electron chi connectivity index (χ4n) is 1.90. The normalized spacial score (nSPS) is 14.6. The number of ether oxygens (including phenoxy) is 5. The van der Waals surface area contributed by atoms with Gasteiger partial charge in [-0.3, -0.25) is 0 Å². The van der Waals surface area contributed by atoms with Crippen molar-refractivity contribution in [1.29, 1.82) is 0 Å². The van der Waals surface area contributed by atoms with Crippen molar-refractivity contribution in [3.05, 3.63) is 24.7 Å². The van der Waals surface area contributed by atoms with Gasteiger partial charge in [0, 0.05) is 6.42 Å². The Hall–Kier alpha value is -1.04. The lowest BCUT2D eigenvalue weighted by molar-refractivity contribution is -0.00135. The number of hydrogen-bond acceptors (Lipinski definition) is 5. The summed E-state index contributed by atoms with van der Waals surface area (Å²) >= 11 is 0. The molecule has 0 heterocycles. The third kappa shape index (κ3) is 11.3. The highest BCUT2D eigenvalue weighted by Crippen LogP contribution is 2.17. The molecule has 122 valence electrons. The van der Waals surface area contributed by atoms with Crippen molar-refractivity contribution in [1.82, 2.24) is 0 Å². The van der Waals surface area contributed by atoms with E-state index in [-0.39, 0.29) is 0 Å². The van der Waals surface area contributed by atoms with E-state index in [0.29, 0.717) is 52.9 Å². The topological polar surface area (TPSA) is 46.2 Å². The third-order valence-corrected chi connectivity index (χ3v) is 2.97. The summed E-state index contributed by atoms with van der Waals surface area (Å²) in [5.41, 5.74) is 0. The van der Waals surface area contributed by atoms with Gasteiger partial charge in [-0.1, -0.05) is 6.58 Å². The summed E-state index contributed by atoms with van der Waals surface area (Å²) in [6.07, 6.45) is 8.33. The van der Waals surface area contributed by atoms with Gasteiger partial charge in [0.1, 0.15) is 13.2 Å². The molecule has 1 aliphatic carbocycles. The molecule has 1 rings (SSSR count). The lowest BCUT2D eigenvalue weighted by atomic mass is 10.1. The van der Waals surface area contributed by atoms with Gasteiger partial charge in [0.15, 0.2) is 0 Å². The first-order chi connectivity index (χ1) is 10.4. The minimum absolute atomic E-state index is 0.531. The monoisotopic (exact) mass is 300 g/mol. The van der Waals surface area contributed by atoms with E-state index in [1.54, 1.807) is 0 Å². The molecule has 0 spiro atoms. The van der Waals surface area contributed by atoms with Crippen LogP contribution >= 0.6 is 0 Å². The van der Waals surface area contributed by atoms with E-state index in [2.05, 4.69) is 12.7 Å². The van der Waals surface area contributed by atoms with E-state index in [9.17, 15) is 0 Å². The number of allylic oxidation sites excluding steroid dienone is 2. The van der Waals surface area contributed by atoms with Crippen molar-refractivity contribution in [3.63, 3.8) is 0 Å². The number of hydrogen-bond donors (Lipinski definition) is 0. The molecule has 0 bridgehead atoms. The van der Waals surface area contributed by atoms with Gasteiger partial charge >= 0.3 is 0 Å². The van der Waals surface area contributed by atoms with Crippen LogP contribution in [0.4, 0.5) is 0 Å².